The van der Waals surface area contributed by atoms with E-state index in [4.69, 9.17) is 0 Å². The Morgan fingerprint density at radius 2 is 1.57 bits per heavy atom. The normalized spacial score (nSPS) is 11.5. The number of sulfonamides is 1. The van der Waals surface area contributed by atoms with Crippen LogP contribution in [0, 0.1) is 0 Å². The molecule has 0 amide bonds. The number of allylic oxidation sites excluding steroid dienone is 1. The van der Waals surface area contributed by atoms with Gasteiger partial charge in [-0.3, -0.25) is 0 Å². The minimum atomic E-state index is -3.64. The average molecular weight is 327 g/mol. The van der Waals surface area contributed by atoms with E-state index in [1.165, 1.54) is 38.5 Å². The predicted molar refractivity (Wildman–Crippen MR) is 78.3 cm³/mol. The number of rotatable bonds is 13. The smallest absolute Gasteiger partial charge is 0.549 e. The maximum absolute atomic E-state index is 11.3. The molecule has 0 fully saturated rings. The topological polar surface area (TPSA) is 86.3 Å². The van der Waals surface area contributed by atoms with E-state index in [-0.39, 0.29) is 29.6 Å². The molecule has 0 atom stereocenters. The summed E-state index contributed by atoms with van der Waals surface area (Å²) in [7, 11) is -3.64. The van der Waals surface area contributed by atoms with Gasteiger partial charge in [-0.05, 0) is 12.8 Å². The Hall–Kier alpha value is 0.120. The molecule has 0 aromatic rings. The second-order valence-corrected chi connectivity index (χ2v) is 6.52. The Morgan fingerprint density at radius 1 is 1.05 bits per heavy atom. The third kappa shape index (κ3) is 18.1. The van der Waals surface area contributed by atoms with Crippen molar-refractivity contribution in [3.63, 3.8) is 0 Å². The van der Waals surface area contributed by atoms with Gasteiger partial charge in [-0.1, -0.05) is 57.9 Å². The van der Waals surface area contributed by atoms with Gasteiger partial charge in [0.05, 0.1) is 12.5 Å². The molecule has 0 saturated heterocycles. The van der Waals surface area contributed by atoms with Gasteiger partial charge >= 0.3 is 29.6 Å². The second-order valence-electron chi connectivity index (χ2n) is 4.87. The van der Waals surface area contributed by atoms with E-state index in [9.17, 15) is 18.3 Å². The summed E-state index contributed by atoms with van der Waals surface area (Å²) in [4.78, 5) is 10.1. The zero-order valence-electron chi connectivity index (χ0n) is 13.3. The zero-order valence-corrected chi connectivity index (χ0v) is 16.1. The monoisotopic (exact) mass is 327 g/mol. The fourth-order valence-electron chi connectivity index (χ4n) is 1.80. The molecule has 0 saturated carbocycles. The first-order valence-corrected chi connectivity index (χ1v) is 8.88. The first-order chi connectivity index (χ1) is 9.48. The molecule has 0 bridgehead atoms. The summed E-state index contributed by atoms with van der Waals surface area (Å²) in [6, 6.07) is 0. The van der Waals surface area contributed by atoms with E-state index in [1.54, 1.807) is 6.08 Å². The Balaban J connectivity index is 0. The molecule has 118 valence electrons. The van der Waals surface area contributed by atoms with Crippen LogP contribution in [-0.4, -0.2) is 20.9 Å². The molecule has 0 aromatic carbocycles. The minimum absolute atomic E-state index is 0. The van der Waals surface area contributed by atoms with Gasteiger partial charge in [0.15, 0.2) is 0 Å². The number of nitrogens with one attached hydrogen (secondary N) is 1. The minimum Gasteiger partial charge on any atom is -0.549 e. The molecule has 0 rings (SSSR count). The van der Waals surface area contributed by atoms with Crippen molar-refractivity contribution < 1.29 is 47.9 Å². The molecule has 21 heavy (non-hydrogen) atoms. The Morgan fingerprint density at radius 3 is 2.10 bits per heavy atom. The van der Waals surface area contributed by atoms with E-state index < -0.39 is 22.5 Å². The van der Waals surface area contributed by atoms with Crippen LogP contribution in [0.1, 0.15) is 64.7 Å². The largest absolute Gasteiger partial charge is 1.00 e. The van der Waals surface area contributed by atoms with Crippen LogP contribution in [-0.2, 0) is 14.8 Å². The van der Waals surface area contributed by atoms with Crippen molar-refractivity contribution in [2.45, 2.75) is 64.7 Å². The van der Waals surface area contributed by atoms with Crippen molar-refractivity contribution in [1.82, 2.24) is 4.72 Å². The van der Waals surface area contributed by atoms with Crippen LogP contribution in [0.15, 0.2) is 11.5 Å². The predicted octanol–water partition coefficient (Wildman–Crippen LogP) is -1.30. The fourth-order valence-corrected chi connectivity index (χ4v) is 2.60. The molecule has 0 aromatic heterocycles. The quantitative estimate of drug-likeness (QED) is 0.337. The van der Waals surface area contributed by atoms with Gasteiger partial charge in [0.1, 0.15) is 0 Å². The zero-order chi connectivity index (χ0) is 15.3. The number of carbonyl (C=O) groups excluding carboxylic acids is 1. The molecule has 1 N–H and O–H groups in total. The third-order valence-corrected chi connectivity index (χ3v) is 4.01. The van der Waals surface area contributed by atoms with Crippen LogP contribution < -0.4 is 39.4 Å². The van der Waals surface area contributed by atoms with Gasteiger partial charge in [0.2, 0.25) is 10.0 Å². The molecule has 0 radical (unpaired) electrons. The Labute approximate surface area is 150 Å². The fraction of sp³-hybridized carbons (Fsp3) is 0.786. The summed E-state index contributed by atoms with van der Waals surface area (Å²) in [5.74, 6) is -1.44. The van der Waals surface area contributed by atoms with Crippen LogP contribution in [0.4, 0.5) is 0 Å². The van der Waals surface area contributed by atoms with Gasteiger partial charge < -0.3 is 9.90 Å². The Kier molecular flexibility index (Phi) is 16.7. The van der Waals surface area contributed by atoms with Gasteiger partial charge in [-0.15, -0.1) is 0 Å². The first kappa shape index (κ1) is 23.4. The van der Waals surface area contributed by atoms with Crippen molar-refractivity contribution in [2.24, 2.45) is 0 Å². The average Bonchev–Trinajstić information content (AvgIpc) is 2.39. The summed E-state index contributed by atoms with van der Waals surface area (Å²) >= 11 is 0. The summed E-state index contributed by atoms with van der Waals surface area (Å²) in [5, 5.41) is 11.2. The summed E-state index contributed by atoms with van der Waals surface area (Å²) < 4.78 is 24.5. The maximum atomic E-state index is 11.3. The second kappa shape index (κ2) is 15.0. The standard InChI is InChI=1S/C14H27NO4S.Na/c1-2-3-4-5-6-7-8-9-10-11-12-20(18,19)15-13-14(16)17;/h11-12,15H,2-10,13H2,1H3,(H,16,17);/q;+1/p-1/b12-11+;. The number of carbonyl (C=O) groups is 1. The van der Waals surface area contributed by atoms with Crippen LogP contribution in [0.3, 0.4) is 0 Å². The van der Waals surface area contributed by atoms with Crippen molar-refractivity contribution in [3.05, 3.63) is 11.5 Å². The van der Waals surface area contributed by atoms with E-state index in [1.807, 2.05) is 4.72 Å². The molecule has 5 nitrogen and oxygen atoms in total. The van der Waals surface area contributed by atoms with E-state index in [0.717, 1.165) is 18.2 Å². The molecular formula is C14H26NNaO4S. The van der Waals surface area contributed by atoms with E-state index in [0.29, 0.717) is 6.42 Å². The molecule has 0 aliphatic heterocycles. The van der Waals surface area contributed by atoms with E-state index in [2.05, 4.69) is 6.92 Å². The third-order valence-electron chi connectivity index (χ3n) is 2.92. The number of aliphatic carboxylic acids is 1. The molecule has 0 unspecified atom stereocenters. The van der Waals surface area contributed by atoms with Crippen LogP contribution >= 0.6 is 0 Å². The van der Waals surface area contributed by atoms with Crippen molar-refractivity contribution in [2.75, 3.05) is 6.54 Å². The van der Waals surface area contributed by atoms with Crippen molar-refractivity contribution in [1.29, 1.82) is 0 Å². The summed E-state index contributed by atoms with van der Waals surface area (Å²) in [5.41, 5.74) is 0. The summed E-state index contributed by atoms with van der Waals surface area (Å²) in [6.07, 6.45) is 11.9. The van der Waals surface area contributed by atoms with Crippen LogP contribution in [0.2, 0.25) is 0 Å². The molecular weight excluding hydrogens is 301 g/mol. The van der Waals surface area contributed by atoms with Crippen molar-refractivity contribution >= 4 is 16.0 Å². The maximum Gasteiger partial charge on any atom is 1.00 e. The molecule has 0 heterocycles. The molecule has 0 aliphatic carbocycles. The van der Waals surface area contributed by atoms with Crippen LogP contribution in [0.5, 0.6) is 0 Å². The number of hydrogen-bond donors (Lipinski definition) is 1. The van der Waals surface area contributed by atoms with Gasteiger partial charge in [0, 0.05) is 5.41 Å². The van der Waals surface area contributed by atoms with Crippen molar-refractivity contribution in [3.8, 4) is 0 Å². The van der Waals surface area contributed by atoms with Gasteiger partial charge in [-0.2, -0.15) is 0 Å². The molecule has 7 heteroatoms. The molecule has 0 spiro atoms. The molecule has 0 aliphatic rings. The van der Waals surface area contributed by atoms with Gasteiger partial charge in [0.25, 0.3) is 0 Å². The van der Waals surface area contributed by atoms with E-state index >= 15 is 0 Å². The number of carboxylic acid groups (broad SMARTS) is 1. The Bertz CT molecular complexity index is 382. The SMILES string of the molecule is CCCCCCCCCC/C=C/S(=O)(=O)NCC(=O)[O-].[Na+]. The van der Waals surface area contributed by atoms with Crippen LogP contribution in [0.25, 0.3) is 0 Å². The number of carboxylic acids is 1. The summed E-state index contributed by atoms with van der Waals surface area (Å²) in [6.45, 7) is 1.51. The van der Waals surface area contributed by atoms with Gasteiger partial charge in [-0.25, -0.2) is 13.1 Å². The number of unbranched alkanes of at least 4 members (excludes halogenated alkanes) is 8. The first-order valence-electron chi connectivity index (χ1n) is 7.34. The number of hydrogen-bond acceptors (Lipinski definition) is 4.